The standard InChI is InChI=1S/C7H12NOP/c1-2-10-8-5-3-7(9)4-6-8/h3,5,10H,2,4,6H2,1H3. The van der Waals surface area contributed by atoms with Gasteiger partial charge in [-0.1, -0.05) is 6.92 Å². The van der Waals surface area contributed by atoms with E-state index in [9.17, 15) is 4.79 Å². The fraction of sp³-hybridized carbons (Fsp3) is 0.571. The largest absolute Gasteiger partial charge is 0.359 e. The van der Waals surface area contributed by atoms with E-state index in [4.69, 9.17) is 0 Å². The third-order valence-electron chi connectivity index (χ3n) is 1.40. The summed E-state index contributed by atoms with van der Waals surface area (Å²) in [5, 5.41) is 0. The molecule has 0 aliphatic carbocycles. The Morgan fingerprint density at radius 3 is 3.10 bits per heavy atom. The van der Waals surface area contributed by atoms with Crippen molar-refractivity contribution in [2.75, 3.05) is 12.7 Å². The first-order chi connectivity index (χ1) is 4.83. The fourth-order valence-corrected chi connectivity index (χ4v) is 1.75. The minimum atomic E-state index is 0.261. The highest BCUT2D eigenvalue weighted by Gasteiger charge is 2.06. The average molecular weight is 157 g/mol. The van der Waals surface area contributed by atoms with Crippen LogP contribution in [0.5, 0.6) is 0 Å². The Morgan fingerprint density at radius 2 is 2.60 bits per heavy atom. The number of ketones is 1. The summed E-state index contributed by atoms with van der Waals surface area (Å²) in [5.41, 5.74) is 0. The summed E-state index contributed by atoms with van der Waals surface area (Å²) in [4.78, 5) is 10.7. The number of nitrogens with zero attached hydrogens (tertiary/aromatic N) is 1. The molecule has 1 aliphatic rings. The van der Waals surface area contributed by atoms with Gasteiger partial charge in [0.05, 0.1) is 0 Å². The van der Waals surface area contributed by atoms with Gasteiger partial charge in [-0.2, -0.15) is 0 Å². The van der Waals surface area contributed by atoms with Crippen LogP contribution < -0.4 is 0 Å². The number of carbonyl (C=O) groups is 1. The van der Waals surface area contributed by atoms with Crippen LogP contribution in [0.25, 0.3) is 0 Å². The number of hydrogen-bond donors (Lipinski definition) is 0. The molecule has 1 heterocycles. The molecule has 0 saturated heterocycles. The summed E-state index contributed by atoms with van der Waals surface area (Å²) in [6, 6.07) is 0. The molecule has 1 atom stereocenters. The summed E-state index contributed by atoms with van der Waals surface area (Å²) in [5.74, 6) is 0.261. The van der Waals surface area contributed by atoms with Gasteiger partial charge in [-0.25, -0.2) is 0 Å². The van der Waals surface area contributed by atoms with Crippen molar-refractivity contribution in [3.05, 3.63) is 12.3 Å². The van der Waals surface area contributed by atoms with Gasteiger partial charge in [0.2, 0.25) is 0 Å². The van der Waals surface area contributed by atoms with Crippen molar-refractivity contribution in [1.82, 2.24) is 4.67 Å². The zero-order valence-electron chi connectivity index (χ0n) is 6.13. The monoisotopic (exact) mass is 157 g/mol. The summed E-state index contributed by atoms with van der Waals surface area (Å²) in [6.45, 7) is 3.07. The van der Waals surface area contributed by atoms with Gasteiger partial charge >= 0.3 is 0 Å². The van der Waals surface area contributed by atoms with Gasteiger partial charge in [-0.3, -0.25) is 4.79 Å². The lowest BCUT2D eigenvalue weighted by Gasteiger charge is -2.21. The van der Waals surface area contributed by atoms with E-state index in [1.54, 1.807) is 6.08 Å². The van der Waals surface area contributed by atoms with E-state index in [-0.39, 0.29) is 5.78 Å². The van der Waals surface area contributed by atoms with Crippen molar-refractivity contribution >= 4 is 14.5 Å². The van der Waals surface area contributed by atoms with Crippen molar-refractivity contribution in [3.63, 3.8) is 0 Å². The molecule has 0 amide bonds. The van der Waals surface area contributed by atoms with E-state index in [1.807, 2.05) is 6.20 Å². The SMILES string of the molecule is CCPN1C=CC(=O)CC1. The predicted octanol–water partition coefficient (Wildman–Crippen LogP) is 1.39. The Balaban J connectivity index is 2.37. The molecular weight excluding hydrogens is 145 g/mol. The number of carbonyl (C=O) groups excluding carboxylic acids is 1. The zero-order valence-corrected chi connectivity index (χ0v) is 7.13. The van der Waals surface area contributed by atoms with Crippen LogP contribution in [0.3, 0.4) is 0 Å². The molecule has 0 aromatic carbocycles. The highest BCUT2D eigenvalue weighted by Crippen LogP contribution is 2.20. The van der Waals surface area contributed by atoms with Crippen LogP contribution in [-0.4, -0.2) is 23.2 Å². The van der Waals surface area contributed by atoms with E-state index >= 15 is 0 Å². The van der Waals surface area contributed by atoms with Crippen LogP contribution in [0, 0.1) is 0 Å². The van der Waals surface area contributed by atoms with Gasteiger partial charge in [-0.15, -0.1) is 0 Å². The summed E-state index contributed by atoms with van der Waals surface area (Å²) >= 11 is 0. The molecule has 0 saturated carbocycles. The zero-order chi connectivity index (χ0) is 7.40. The molecule has 0 radical (unpaired) electrons. The normalized spacial score (nSPS) is 19.3. The molecule has 0 aromatic heterocycles. The topological polar surface area (TPSA) is 20.3 Å². The quantitative estimate of drug-likeness (QED) is 0.564. The van der Waals surface area contributed by atoms with Crippen LogP contribution in [0.15, 0.2) is 12.3 Å². The Kier molecular flexibility index (Phi) is 2.88. The highest BCUT2D eigenvalue weighted by molar-refractivity contribution is 7.35. The predicted molar refractivity (Wildman–Crippen MR) is 44.3 cm³/mol. The second kappa shape index (κ2) is 3.72. The lowest BCUT2D eigenvalue weighted by molar-refractivity contribution is -0.115. The van der Waals surface area contributed by atoms with Gasteiger partial charge in [0.1, 0.15) is 0 Å². The lowest BCUT2D eigenvalue weighted by atomic mass is 10.2. The molecule has 3 heteroatoms. The van der Waals surface area contributed by atoms with E-state index in [2.05, 4.69) is 11.6 Å². The third kappa shape index (κ3) is 2.11. The smallest absolute Gasteiger partial charge is 0.158 e. The van der Waals surface area contributed by atoms with Gasteiger partial charge in [0, 0.05) is 19.2 Å². The molecule has 0 aromatic rings. The molecule has 1 rings (SSSR count). The van der Waals surface area contributed by atoms with E-state index in [0.717, 1.165) is 15.3 Å². The van der Waals surface area contributed by atoms with Crippen LogP contribution in [-0.2, 0) is 4.79 Å². The second-order valence-corrected chi connectivity index (χ2v) is 3.83. The van der Waals surface area contributed by atoms with Gasteiger partial charge in [0.15, 0.2) is 5.78 Å². The van der Waals surface area contributed by atoms with E-state index in [0.29, 0.717) is 6.42 Å². The number of allylic oxidation sites excluding steroid dienone is 1. The summed E-state index contributed by atoms with van der Waals surface area (Å²) in [6.07, 6.45) is 5.46. The van der Waals surface area contributed by atoms with Crippen LogP contribution >= 0.6 is 8.73 Å². The first kappa shape index (κ1) is 7.74. The second-order valence-electron chi connectivity index (χ2n) is 2.24. The molecule has 2 nitrogen and oxygen atoms in total. The molecule has 0 bridgehead atoms. The molecule has 0 fully saturated rings. The Hall–Kier alpha value is -0.360. The van der Waals surface area contributed by atoms with Crippen molar-refractivity contribution in [2.24, 2.45) is 0 Å². The third-order valence-corrected chi connectivity index (χ3v) is 2.50. The van der Waals surface area contributed by atoms with Gasteiger partial charge in [-0.05, 0) is 21.0 Å². The summed E-state index contributed by atoms with van der Waals surface area (Å²) in [7, 11) is 0.848. The maximum atomic E-state index is 10.7. The molecular formula is C7H12NOP. The number of hydrogen-bond acceptors (Lipinski definition) is 2. The minimum Gasteiger partial charge on any atom is -0.359 e. The first-order valence-corrected chi connectivity index (χ1v) is 4.69. The minimum absolute atomic E-state index is 0.261. The van der Waals surface area contributed by atoms with Gasteiger partial charge in [0.25, 0.3) is 0 Å². The van der Waals surface area contributed by atoms with Crippen LogP contribution in [0.2, 0.25) is 0 Å². The fourth-order valence-electron chi connectivity index (χ4n) is 0.896. The highest BCUT2D eigenvalue weighted by atomic mass is 31.1. The van der Waals surface area contributed by atoms with Crippen LogP contribution in [0.1, 0.15) is 13.3 Å². The van der Waals surface area contributed by atoms with Crippen molar-refractivity contribution in [3.8, 4) is 0 Å². The molecule has 1 unspecified atom stereocenters. The van der Waals surface area contributed by atoms with E-state index < -0.39 is 0 Å². The van der Waals surface area contributed by atoms with Crippen molar-refractivity contribution in [1.29, 1.82) is 0 Å². The number of rotatable bonds is 2. The lowest BCUT2D eigenvalue weighted by Crippen LogP contribution is -2.17. The van der Waals surface area contributed by atoms with Crippen molar-refractivity contribution in [2.45, 2.75) is 13.3 Å². The first-order valence-electron chi connectivity index (χ1n) is 3.54. The molecule has 10 heavy (non-hydrogen) atoms. The van der Waals surface area contributed by atoms with Gasteiger partial charge < -0.3 is 4.67 Å². The Morgan fingerprint density at radius 1 is 1.80 bits per heavy atom. The van der Waals surface area contributed by atoms with E-state index in [1.165, 1.54) is 6.16 Å². The van der Waals surface area contributed by atoms with Crippen LogP contribution in [0.4, 0.5) is 0 Å². The molecule has 0 spiro atoms. The Bertz CT molecular complexity index is 156. The maximum absolute atomic E-state index is 10.7. The Labute approximate surface area is 63.1 Å². The average Bonchev–Trinajstić information content (AvgIpc) is 1.95. The maximum Gasteiger partial charge on any atom is 0.158 e. The van der Waals surface area contributed by atoms with Crippen molar-refractivity contribution < 1.29 is 4.79 Å². The molecule has 1 aliphatic heterocycles. The summed E-state index contributed by atoms with van der Waals surface area (Å²) < 4.78 is 2.21. The molecule has 0 N–H and O–H groups in total. The molecule has 56 valence electrons.